The summed E-state index contributed by atoms with van der Waals surface area (Å²) in [5, 5.41) is 0. The maximum Gasteiger partial charge on any atom is 0.417 e. The number of nitrogens with zero attached hydrogens (tertiary/aromatic N) is 3. The maximum absolute atomic E-state index is 13.3. The predicted molar refractivity (Wildman–Crippen MR) is 119 cm³/mol. The first-order valence-electron chi connectivity index (χ1n) is 10.9. The number of piperidine rings is 1. The van der Waals surface area contributed by atoms with Gasteiger partial charge in [-0.15, -0.1) is 0 Å². The zero-order valence-electron chi connectivity index (χ0n) is 18.3. The quantitative estimate of drug-likeness (QED) is 0.652. The van der Waals surface area contributed by atoms with E-state index in [4.69, 9.17) is 0 Å². The van der Waals surface area contributed by atoms with Crippen LogP contribution in [0.5, 0.6) is 0 Å². The average molecular weight is 496 g/mol. The molecule has 0 unspecified atom stereocenters. The van der Waals surface area contributed by atoms with Crippen LogP contribution in [-0.2, 0) is 21.0 Å². The van der Waals surface area contributed by atoms with Crippen molar-refractivity contribution in [2.75, 3.05) is 37.6 Å². The molecular weight excluding hydrogens is 471 g/mol. The van der Waals surface area contributed by atoms with E-state index in [1.165, 1.54) is 11.0 Å². The normalized spacial score (nSPS) is 18.3. The van der Waals surface area contributed by atoms with Gasteiger partial charge in [-0.05, 0) is 49.2 Å². The summed E-state index contributed by atoms with van der Waals surface area (Å²) in [4.78, 5) is 27.4. The third-order valence-electron chi connectivity index (χ3n) is 6.09. The fourth-order valence-corrected chi connectivity index (χ4v) is 5.88. The van der Waals surface area contributed by atoms with Crippen molar-refractivity contribution in [3.05, 3.63) is 59.7 Å². The summed E-state index contributed by atoms with van der Waals surface area (Å²) in [5.41, 5.74) is -0.0896. The Morgan fingerprint density at radius 2 is 1.50 bits per heavy atom. The highest BCUT2D eigenvalue weighted by Gasteiger charge is 2.39. The number of sulfonamides is 1. The zero-order valence-corrected chi connectivity index (χ0v) is 19.1. The maximum atomic E-state index is 13.3. The minimum Gasteiger partial charge on any atom is -0.336 e. The van der Waals surface area contributed by atoms with Crippen molar-refractivity contribution in [2.24, 2.45) is 0 Å². The molecule has 2 amide bonds. The summed E-state index contributed by atoms with van der Waals surface area (Å²) < 4.78 is 66.7. The second kappa shape index (κ2) is 9.38. The molecule has 2 aromatic rings. The van der Waals surface area contributed by atoms with Crippen LogP contribution in [0.25, 0.3) is 0 Å². The van der Waals surface area contributed by atoms with E-state index in [0.717, 1.165) is 41.0 Å². The molecule has 0 atom stereocenters. The van der Waals surface area contributed by atoms with Crippen molar-refractivity contribution in [3.8, 4) is 0 Å². The average Bonchev–Trinajstić information content (AvgIpc) is 2.83. The minimum atomic E-state index is -4.80. The molecule has 2 aliphatic heterocycles. The van der Waals surface area contributed by atoms with Crippen molar-refractivity contribution in [2.45, 2.75) is 30.3 Å². The van der Waals surface area contributed by atoms with Gasteiger partial charge in [0.2, 0.25) is 15.9 Å². The van der Waals surface area contributed by atoms with Gasteiger partial charge in [0, 0.05) is 50.4 Å². The highest BCUT2D eigenvalue weighted by atomic mass is 32.2. The van der Waals surface area contributed by atoms with Crippen molar-refractivity contribution in [3.63, 3.8) is 0 Å². The molecule has 0 radical (unpaired) electrons. The summed E-state index contributed by atoms with van der Waals surface area (Å²) >= 11 is 0. The summed E-state index contributed by atoms with van der Waals surface area (Å²) in [6, 6.07) is 10.8. The Labute approximate surface area is 195 Å². The number of amides is 2. The van der Waals surface area contributed by atoms with Gasteiger partial charge in [-0.25, -0.2) is 8.42 Å². The Morgan fingerprint density at radius 3 is 2.12 bits per heavy atom. The number of hydrogen-bond acceptors (Lipinski definition) is 4. The van der Waals surface area contributed by atoms with Crippen molar-refractivity contribution in [1.29, 1.82) is 0 Å². The second-order valence-corrected chi connectivity index (χ2v) is 10.1. The minimum absolute atomic E-state index is 0.0507. The number of piperazine rings is 1. The zero-order chi connectivity index (χ0) is 24.5. The molecule has 2 aromatic carbocycles. The number of alkyl halides is 3. The van der Waals surface area contributed by atoms with Gasteiger partial charge < -0.3 is 9.80 Å². The van der Waals surface area contributed by atoms with Gasteiger partial charge in [0.15, 0.2) is 0 Å². The van der Waals surface area contributed by atoms with Crippen LogP contribution in [0.2, 0.25) is 0 Å². The van der Waals surface area contributed by atoms with Crippen molar-refractivity contribution >= 4 is 27.5 Å². The standard InChI is InChI=1S/C23H24F3N3O4S/c24-23(25,26)19-5-1-2-6-20(19)34(32,33)28-15-13-27(14-16-28)22(31)17-8-10-18(11-9-17)29-12-4-3-7-21(29)30/h1-2,5-6,8-11H,3-4,7,12-16H2. The lowest BCUT2D eigenvalue weighted by atomic mass is 10.1. The lowest BCUT2D eigenvalue weighted by Gasteiger charge is -2.34. The fraction of sp³-hybridized carbons (Fsp3) is 0.391. The SMILES string of the molecule is O=C(c1ccc(N2CCCCC2=O)cc1)N1CCN(S(=O)(=O)c2ccccc2C(F)(F)F)CC1. The van der Waals surface area contributed by atoms with Gasteiger partial charge in [-0.3, -0.25) is 9.59 Å². The monoisotopic (exact) mass is 495 g/mol. The number of benzene rings is 2. The van der Waals surface area contributed by atoms with Crippen LogP contribution in [0.4, 0.5) is 18.9 Å². The van der Waals surface area contributed by atoms with E-state index < -0.39 is 26.7 Å². The molecule has 0 bridgehead atoms. The number of anilines is 1. The van der Waals surface area contributed by atoms with E-state index in [0.29, 0.717) is 18.5 Å². The van der Waals surface area contributed by atoms with E-state index in [1.807, 2.05) is 0 Å². The van der Waals surface area contributed by atoms with Gasteiger partial charge in [-0.1, -0.05) is 12.1 Å². The van der Waals surface area contributed by atoms with Crippen molar-refractivity contribution < 1.29 is 31.2 Å². The second-order valence-electron chi connectivity index (χ2n) is 8.24. The topological polar surface area (TPSA) is 78.0 Å². The summed E-state index contributed by atoms with van der Waals surface area (Å²) in [7, 11) is -4.37. The molecule has 2 saturated heterocycles. The van der Waals surface area contributed by atoms with Crippen LogP contribution >= 0.6 is 0 Å². The van der Waals surface area contributed by atoms with Gasteiger partial charge >= 0.3 is 6.18 Å². The fourth-order valence-electron chi connectivity index (χ4n) is 4.24. The highest BCUT2D eigenvalue weighted by Crippen LogP contribution is 2.35. The molecule has 0 aromatic heterocycles. The van der Waals surface area contributed by atoms with Crippen LogP contribution in [0.3, 0.4) is 0 Å². The molecule has 7 nitrogen and oxygen atoms in total. The number of rotatable bonds is 4. The Kier molecular flexibility index (Phi) is 6.68. The van der Waals surface area contributed by atoms with Crippen LogP contribution in [0.1, 0.15) is 35.2 Å². The van der Waals surface area contributed by atoms with Crippen LogP contribution in [-0.4, -0.2) is 62.2 Å². The lowest BCUT2D eigenvalue weighted by molar-refractivity contribution is -0.140. The Balaban J connectivity index is 1.43. The van der Waals surface area contributed by atoms with Gasteiger partial charge in [0.25, 0.3) is 5.91 Å². The number of carbonyl (C=O) groups excluding carboxylic acids is 2. The molecule has 182 valence electrons. The third kappa shape index (κ3) is 4.80. The van der Waals surface area contributed by atoms with Crippen molar-refractivity contribution in [1.82, 2.24) is 9.21 Å². The van der Waals surface area contributed by atoms with E-state index in [-0.39, 0.29) is 38.0 Å². The van der Waals surface area contributed by atoms with Crippen LogP contribution in [0, 0.1) is 0 Å². The first-order chi connectivity index (χ1) is 16.1. The van der Waals surface area contributed by atoms with Gasteiger partial charge in [0.1, 0.15) is 0 Å². The van der Waals surface area contributed by atoms with E-state index in [2.05, 4.69) is 0 Å². The lowest BCUT2D eigenvalue weighted by Crippen LogP contribution is -2.50. The first-order valence-corrected chi connectivity index (χ1v) is 12.4. The first kappa shape index (κ1) is 24.2. The molecule has 2 aliphatic rings. The number of hydrogen-bond donors (Lipinski definition) is 0. The van der Waals surface area contributed by atoms with Gasteiger partial charge in [0.05, 0.1) is 10.5 Å². The Hall–Kier alpha value is -2.92. The summed E-state index contributed by atoms with van der Waals surface area (Å²) in [6.45, 7) is 0.526. The molecule has 0 spiro atoms. The molecule has 0 N–H and O–H groups in total. The Morgan fingerprint density at radius 1 is 0.853 bits per heavy atom. The molecule has 2 fully saturated rings. The van der Waals surface area contributed by atoms with E-state index in [1.54, 1.807) is 29.2 Å². The van der Waals surface area contributed by atoms with E-state index >= 15 is 0 Å². The largest absolute Gasteiger partial charge is 0.417 e. The molecule has 0 aliphatic carbocycles. The molecule has 34 heavy (non-hydrogen) atoms. The number of carbonyl (C=O) groups is 2. The van der Waals surface area contributed by atoms with Gasteiger partial charge in [-0.2, -0.15) is 17.5 Å². The summed E-state index contributed by atoms with van der Waals surface area (Å²) in [6.07, 6.45) is -2.50. The Bertz CT molecular complexity index is 1170. The smallest absolute Gasteiger partial charge is 0.336 e. The highest BCUT2D eigenvalue weighted by molar-refractivity contribution is 7.89. The predicted octanol–water partition coefficient (Wildman–Crippen LogP) is 3.37. The van der Waals surface area contributed by atoms with Crippen LogP contribution in [0.15, 0.2) is 53.4 Å². The third-order valence-corrected chi connectivity index (χ3v) is 8.04. The number of halogens is 3. The molecule has 4 rings (SSSR count). The molecule has 11 heteroatoms. The van der Waals surface area contributed by atoms with Crippen LogP contribution < -0.4 is 4.90 Å². The van der Waals surface area contributed by atoms with E-state index in [9.17, 15) is 31.2 Å². The summed E-state index contributed by atoms with van der Waals surface area (Å²) in [5.74, 6) is -0.251. The molecule has 2 heterocycles. The molecular formula is C23H24F3N3O4S. The molecule has 0 saturated carbocycles.